The number of benzene rings is 2. The van der Waals surface area contributed by atoms with Crippen LogP contribution in [0, 0.1) is 0 Å². The van der Waals surface area contributed by atoms with Gasteiger partial charge >= 0.3 is 0 Å². The van der Waals surface area contributed by atoms with E-state index in [-0.39, 0.29) is 17.6 Å². The van der Waals surface area contributed by atoms with Gasteiger partial charge in [0.2, 0.25) is 0 Å². The number of amides is 1. The third kappa shape index (κ3) is 7.53. The van der Waals surface area contributed by atoms with Crippen LogP contribution in [0.3, 0.4) is 0 Å². The van der Waals surface area contributed by atoms with Crippen LogP contribution in [0.15, 0.2) is 54.6 Å². The Bertz CT molecular complexity index is 690. The Morgan fingerprint density at radius 1 is 0.962 bits per heavy atom. The van der Waals surface area contributed by atoms with Crippen LogP contribution >= 0.6 is 12.2 Å². The summed E-state index contributed by atoms with van der Waals surface area (Å²) in [5, 5.41) is 5.77. The molecule has 6 heteroatoms. The number of hydrogen-bond acceptors (Lipinski definition) is 4. The Morgan fingerprint density at radius 2 is 1.65 bits per heavy atom. The zero-order valence-electron chi connectivity index (χ0n) is 14.9. The minimum Gasteiger partial charge on any atom is -0.494 e. The van der Waals surface area contributed by atoms with Gasteiger partial charge in [-0.15, -0.1) is 0 Å². The van der Waals surface area contributed by atoms with Gasteiger partial charge in [0.15, 0.2) is 11.7 Å². The zero-order valence-corrected chi connectivity index (χ0v) is 15.7. The van der Waals surface area contributed by atoms with E-state index in [9.17, 15) is 4.79 Å². The maximum atomic E-state index is 11.9. The van der Waals surface area contributed by atoms with Crippen LogP contribution in [0.5, 0.6) is 11.5 Å². The molecular weight excluding hydrogens is 348 g/mol. The number of para-hydroxylation sites is 1. The molecule has 0 fully saturated rings. The van der Waals surface area contributed by atoms with E-state index < -0.39 is 0 Å². The second-order valence-corrected chi connectivity index (χ2v) is 6.09. The summed E-state index contributed by atoms with van der Waals surface area (Å²) in [4.78, 5) is 11.9. The van der Waals surface area contributed by atoms with Crippen molar-refractivity contribution in [1.29, 1.82) is 0 Å². The molecule has 0 aliphatic carbocycles. The maximum Gasteiger partial charge on any atom is 0.264 e. The number of thiocarbonyl (C=S) groups is 1. The first-order valence-electron chi connectivity index (χ1n) is 8.69. The van der Waals surface area contributed by atoms with Crippen molar-refractivity contribution >= 4 is 28.9 Å². The van der Waals surface area contributed by atoms with E-state index in [1.54, 1.807) is 12.1 Å². The van der Waals surface area contributed by atoms with Crippen LogP contribution in [0.25, 0.3) is 0 Å². The number of ether oxygens (including phenoxy) is 2. The fourth-order valence-electron chi connectivity index (χ4n) is 2.17. The van der Waals surface area contributed by atoms with Crippen molar-refractivity contribution in [2.75, 3.05) is 18.5 Å². The normalized spacial score (nSPS) is 10.0. The highest BCUT2D eigenvalue weighted by Gasteiger charge is 2.06. The second-order valence-electron chi connectivity index (χ2n) is 5.68. The molecule has 0 atom stereocenters. The van der Waals surface area contributed by atoms with E-state index in [1.807, 2.05) is 42.5 Å². The van der Waals surface area contributed by atoms with Crippen molar-refractivity contribution in [3.8, 4) is 11.5 Å². The first kappa shape index (κ1) is 19.7. The van der Waals surface area contributed by atoms with Gasteiger partial charge < -0.3 is 14.8 Å². The van der Waals surface area contributed by atoms with Crippen LogP contribution in [0.2, 0.25) is 0 Å². The molecule has 0 saturated heterocycles. The maximum absolute atomic E-state index is 11.9. The van der Waals surface area contributed by atoms with Crippen LogP contribution in [-0.4, -0.2) is 24.2 Å². The van der Waals surface area contributed by atoms with Crippen LogP contribution in [0.4, 0.5) is 5.69 Å². The molecule has 2 aromatic rings. The fourth-order valence-corrected chi connectivity index (χ4v) is 2.40. The highest BCUT2D eigenvalue weighted by atomic mass is 32.1. The number of rotatable bonds is 9. The summed E-state index contributed by atoms with van der Waals surface area (Å²) < 4.78 is 11.0. The lowest BCUT2D eigenvalue weighted by molar-refractivity contribution is -0.121. The van der Waals surface area contributed by atoms with E-state index in [4.69, 9.17) is 21.7 Å². The third-order valence-electron chi connectivity index (χ3n) is 3.49. The van der Waals surface area contributed by atoms with Gasteiger partial charge in [0.1, 0.15) is 11.5 Å². The Labute approximate surface area is 159 Å². The number of hydrogen-bond donors (Lipinski definition) is 2. The molecular formula is C20H24N2O3S. The summed E-state index contributed by atoms with van der Waals surface area (Å²) in [6.07, 6.45) is 3.39. The van der Waals surface area contributed by atoms with Gasteiger partial charge in [-0.05, 0) is 55.0 Å². The van der Waals surface area contributed by atoms with Gasteiger partial charge in [-0.2, -0.15) is 0 Å². The molecule has 138 valence electrons. The predicted molar refractivity (Wildman–Crippen MR) is 108 cm³/mol. The second kappa shape index (κ2) is 11.1. The summed E-state index contributed by atoms with van der Waals surface area (Å²) in [6.45, 7) is 2.78. The van der Waals surface area contributed by atoms with Crippen molar-refractivity contribution in [2.24, 2.45) is 0 Å². The average Bonchev–Trinajstić information content (AvgIpc) is 2.66. The molecule has 0 saturated carbocycles. The molecule has 0 spiro atoms. The Kier molecular flexibility index (Phi) is 8.42. The summed E-state index contributed by atoms with van der Waals surface area (Å²) in [7, 11) is 0. The summed E-state index contributed by atoms with van der Waals surface area (Å²) in [6, 6.07) is 16.6. The van der Waals surface area contributed by atoms with E-state index in [0.29, 0.717) is 5.75 Å². The minimum atomic E-state index is -0.317. The summed E-state index contributed by atoms with van der Waals surface area (Å²) >= 11 is 5.15. The highest BCUT2D eigenvalue weighted by molar-refractivity contribution is 7.80. The van der Waals surface area contributed by atoms with Gasteiger partial charge in [0, 0.05) is 5.69 Å². The quantitative estimate of drug-likeness (QED) is 0.512. The highest BCUT2D eigenvalue weighted by Crippen LogP contribution is 2.16. The number of unbranched alkanes of at least 4 members (excludes halogenated alkanes) is 2. The molecule has 0 unspecified atom stereocenters. The summed E-state index contributed by atoms with van der Waals surface area (Å²) in [5.74, 6) is 1.14. The molecule has 2 N–H and O–H groups in total. The van der Waals surface area contributed by atoms with E-state index >= 15 is 0 Å². The van der Waals surface area contributed by atoms with Gasteiger partial charge in [-0.3, -0.25) is 10.1 Å². The number of anilines is 1. The van der Waals surface area contributed by atoms with Crippen molar-refractivity contribution in [3.63, 3.8) is 0 Å². The fraction of sp³-hybridized carbons (Fsp3) is 0.300. The Morgan fingerprint density at radius 3 is 2.35 bits per heavy atom. The number of carbonyl (C=O) groups is 1. The Balaban J connectivity index is 1.70. The molecule has 0 radical (unpaired) electrons. The topological polar surface area (TPSA) is 59.6 Å². The van der Waals surface area contributed by atoms with E-state index in [1.165, 1.54) is 12.8 Å². The molecule has 2 aromatic carbocycles. The van der Waals surface area contributed by atoms with Crippen molar-refractivity contribution in [1.82, 2.24) is 5.32 Å². The third-order valence-corrected chi connectivity index (χ3v) is 3.70. The molecule has 1 amide bonds. The molecule has 5 nitrogen and oxygen atoms in total. The zero-order chi connectivity index (χ0) is 18.6. The van der Waals surface area contributed by atoms with Crippen LogP contribution in [0.1, 0.15) is 26.2 Å². The Hall–Kier alpha value is -2.60. The van der Waals surface area contributed by atoms with Crippen molar-refractivity contribution < 1.29 is 14.3 Å². The van der Waals surface area contributed by atoms with E-state index in [2.05, 4.69) is 17.6 Å². The SMILES string of the molecule is CCCCCOc1ccc(NC(=S)NC(=O)COc2ccccc2)cc1. The molecule has 26 heavy (non-hydrogen) atoms. The lowest BCUT2D eigenvalue weighted by Gasteiger charge is -2.11. The van der Waals surface area contributed by atoms with Crippen LogP contribution < -0.4 is 20.1 Å². The smallest absolute Gasteiger partial charge is 0.264 e. The van der Waals surface area contributed by atoms with Gasteiger partial charge in [0.05, 0.1) is 6.61 Å². The minimum absolute atomic E-state index is 0.101. The van der Waals surface area contributed by atoms with Crippen molar-refractivity contribution in [3.05, 3.63) is 54.6 Å². The largest absolute Gasteiger partial charge is 0.494 e. The summed E-state index contributed by atoms with van der Waals surface area (Å²) in [5.41, 5.74) is 0.778. The van der Waals surface area contributed by atoms with Gasteiger partial charge in [-0.25, -0.2) is 0 Å². The lowest BCUT2D eigenvalue weighted by Crippen LogP contribution is -2.37. The molecule has 0 bridgehead atoms. The standard InChI is InChI=1S/C20H24N2O3S/c1-2-3-7-14-24-18-12-10-16(11-13-18)21-20(26)22-19(23)15-25-17-8-5-4-6-9-17/h4-6,8-13H,2-3,7,14-15H2,1H3,(H2,21,22,23,26). The molecule has 2 rings (SSSR count). The van der Waals surface area contributed by atoms with Gasteiger partial charge in [-0.1, -0.05) is 38.0 Å². The van der Waals surface area contributed by atoms with E-state index in [0.717, 1.165) is 24.5 Å². The van der Waals surface area contributed by atoms with Crippen LogP contribution in [-0.2, 0) is 4.79 Å². The predicted octanol–water partition coefficient (Wildman–Crippen LogP) is 4.15. The first-order chi connectivity index (χ1) is 12.7. The molecule has 0 aromatic heterocycles. The molecule has 0 aliphatic heterocycles. The molecule has 0 heterocycles. The number of nitrogens with one attached hydrogen (secondary N) is 2. The average molecular weight is 372 g/mol. The monoisotopic (exact) mass is 372 g/mol. The number of carbonyl (C=O) groups excluding carboxylic acids is 1. The van der Waals surface area contributed by atoms with Crippen molar-refractivity contribution in [2.45, 2.75) is 26.2 Å². The molecule has 0 aliphatic rings. The van der Waals surface area contributed by atoms with Gasteiger partial charge in [0.25, 0.3) is 5.91 Å². The first-order valence-corrected chi connectivity index (χ1v) is 9.09. The lowest BCUT2D eigenvalue weighted by atomic mass is 10.2.